The van der Waals surface area contributed by atoms with Gasteiger partial charge in [0.1, 0.15) is 13.2 Å². The summed E-state index contributed by atoms with van der Waals surface area (Å²) in [5.41, 5.74) is 0. The highest BCUT2D eigenvalue weighted by atomic mass is 16.6. The van der Waals surface area contributed by atoms with E-state index in [-0.39, 0.29) is 31.1 Å². The fourth-order valence-electron chi connectivity index (χ4n) is 10.6. The van der Waals surface area contributed by atoms with Gasteiger partial charge in [0.25, 0.3) is 0 Å². The molecule has 0 aliphatic heterocycles. The number of esters is 3. The SMILES string of the molecule is CCC/C=C\C/C=C\CCCCCCCC(=O)OCC(COC(=O)CCCCCCCCCCCCCCCCCCCCC/C=C\CCCCCCCCCC)OC(=O)CCCCCCCCCCC/C=C\C/C=C\CCCCC. The Morgan fingerprint density at radius 2 is 0.469 bits per heavy atom. The Bertz CT molecular complexity index is 1440. The molecule has 472 valence electrons. The first-order valence-corrected chi connectivity index (χ1v) is 35.8. The minimum absolute atomic E-state index is 0.0772. The standard InChI is InChI=1S/C75H136O6/c1-4-7-10-13-16-19-22-25-27-29-31-32-33-34-35-36-37-38-39-40-41-42-44-45-47-50-53-56-59-62-65-68-74(77)80-71-72(70-79-73(76)67-64-61-58-55-52-49-24-21-18-15-12-9-6-3)81-75(78)69-66-63-60-57-54-51-48-46-43-30-28-26-23-20-17-14-11-8-5-2/h12,15,17,20-21,24,26,28-29,31,72H,4-11,13-14,16,18-19,22-23,25,27,30,32-71H2,1-3H3/b15-12-,20-17-,24-21-,28-26-,31-29-. The van der Waals surface area contributed by atoms with E-state index >= 15 is 0 Å². The van der Waals surface area contributed by atoms with E-state index in [1.807, 2.05) is 0 Å². The van der Waals surface area contributed by atoms with Crippen LogP contribution in [-0.2, 0) is 28.6 Å². The van der Waals surface area contributed by atoms with Crippen molar-refractivity contribution in [2.45, 2.75) is 386 Å². The van der Waals surface area contributed by atoms with Crippen molar-refractivity contribution in [2.75, 3.05) is 13.2 Å². The Hall–Kier alpha value is -2.89. The van der Waals surface area contributed by atoms with Gasteiger partial charge in [0, 0.05) is 19.3 Å². The summed E-state index contributed by atoms with van der Waals surface area (Å²) in [7, 11) is 0. The zero-order chi connectivity index (χ0) is 58.5. The smallest absolute Gasteiger partial charge is 0.306 e. The highest BCUT2D eigenvalue weighted by molar-refractivity contribution is 5.71. The molecule has 0 aromatic rings. The van der Waals surface area contributed by atoms with Crippen LogP contribution in [0.4, 0.5) is 0 Å². The third-order valence-corrected chi connectivity index (χ3v) is 15.9. The molecular formula is C75H136O6. The molecule has 6 heteroatoms. The molecule has 1 unspecified atom stereocenters. The molecule has 0 fully saturated rings. The molecule has 0 amide bonds. The van der Waals surface area contributed by atoms with Crippen molar-refractivity contribution in [2.24, 2.45) is 0 Å². The van der Waals surface area contributed by atoms with E-state index < -0.39 is 6.10 Å². The van der Waals surface area contributed by atoms with Gasteiger partial charge in [0.2, 0.25) is 0 Å². The normalized spacial score (nSPS) is 12.4. The molecule has 0 saturated carbocycles. The molecule has 0 spiro atoms. The molecular weight excluding hydrogens is 997 g/mol. The second-order valence-electron chi connectivity index (χ2n) is 24.1. The summed E-state index contributed by atoms with van der Waals surface area (Å²) in [6.45, 7) is 6.59. The zero-order valence-corrected chi connectivity index (χ0v) is 54.3. The fraction of sp³-hybridized carbons (Fsp3) is 0.827. The van der Waals surface area contributed by atoms with Crippen molar-refractivity contribution < 1.29 is 28.6 Å². The van der Waals surface area contributed by atoms with Crippen molar-refractivity contribution in [3.63, 3.8) is 0 Å². The third-order valence-electron chi connectivity index (χ3n) is 15.9. The van der Waals surface area contributed by atoms with E-state index in [1.54, 1.807) is 0 Å². The summed E-state index contributed by atoms with van der Waals surface area (Å²) >= 11 is 0. The van der Waals surface area contributed by atoms with Gasteiger partial charge in [-0.1, -0.05) is 319 Å². The number of hydrogen-bond acceptors (Lipinski definition) is 6. The van der Waals surface area contributed by atoms with Crippen molar-refractivity contribution in [3.05, 3.63) is 60.8 Å². The van der Waals surface area contributed by atoms with Crippen LogP contribution in [0.15, 0.2) is 60.8 Å². The molecule has 0 aliphatic rings. The molecule has 0 bridgehead atoms. The molecule has 0 aromatic heterocycles. The van der Waals surface area contributed by atoms with Gasteiger partial charge in [0.05, 0.1) is 0 Å². The first-order valence-electron chi connectivity index (χ1n) is 35.8. The quantitative estimate of drug-likeness (QED) is 0.0261. The Labute approximate surface area is 504 Å². The van der Waals surface area contributed by atoms with Gasteiger partial charge >= 0.3 is 17.9 Å². The van der Waals surface area contributed by atoms with Crippen molar-refractivity contribution >= 4 is 17.9 Å². The largest absolute Gasteiger partial charge is 0.462 e. The average Bonchev–Trinajstić information content (AvgIpc) is 3.46. The average molecular weight is 1130 g/mol. The Morgan fingerprint density at radius 1 is 0.247 bits per heavy atom. The van der Waals surface area contributed by atoms with Crippen LogP contribution < -0.4 is 0 Å². The highest BCUT2D eigenvalue weighted by Crippen LogP contribution is 2.18. The molecule has 0 radical (unpaired) electrons. The van der Waals surface area contributed by atoms with E-state index in [1.165, 1.54) is 250 Å². The fourth-order valence-corrected chi connectivity index (χ4v) is 10.6. The maximum Gasteiger partial charge on any atom is 0.306 e. The van der Waals surface area contributed by atoms with Crippen LogP contribution in [0.3, 0.4) is 0 Å². The maximum atomic E-state index is 12.9. The van der Waals surface area contributed by atoms with Gasteiger partial charge in [-0.3, -0.25) is 14.4 Å². The van der Waals surface area contributed by atoms with Crippen LogP contribution in [0.5, 0.6) is 0 Å². The van der Waals surface area contributed by atoms with E-state index in [2.05, 4.69) is 81.5 Å². The molecule has 1 atom stereocenters. The number of carbonyl (C=O) groups is 3. The lowest BCUT2D eigenvalue weighted by Crippen LogP contribution is -2.30. The molecule has 0 heterocycles. The Morgan fingerprint density at radius 3 is 0.765 bits per heavy atom. The van der Waals surface area contributed by atoms with Crippen molar-refractivity contribution in [1.82, 2.24) is 0 Å². The first-order chi connectivity index (χ1) is 40.0. The van der Waals surface area contributed by atoms with E-state index in [9.17, 15) is 14.4 Å². The van der Waals surface area contributed by atoms with Crippen LogP contribution in [0.1, 0.15) is 380 Å². The topological polar surface area (TPSA) is 78.9 Å². The highest BCUT2D eigenvalue weighted by Gasteiger charge is 2.19. The van der Waals surface area contributed by atoms with E-state index in [4.69, 9.17) is 14.2 Å². The van der Waals surface area contributed by atoms with Crippen LogP contribution in [0.2, 0.25) is 0 Å². The predicted molar refractivity (Wildman–Crippen MR) is 353 cm³/mol. The zero-order valence-electron chi connectivity index (χ0n) is 54.3. The summed E-state index contributed by atoms with van der Waals surface area (Å²) < 4.78 is 17.0. The molecule has 0 rings (SSSR count). The number of ether oxygens (including phenoxy) is 3. The van der Waals surface area contributed by atoms with E-state index in [0.717, 1.165) is 89.9 Å². The van der Waals surface area contributed by atoms with Gasteiger partial charge in [-0.05, 0) is 103 Å². The number of hydrogen-bond donors (Lipinski definition) is 0. The monoisotopic (exact) mass is 1130 g/mol. The third kappa shape index (κ3) is 67.8. The lowest BCUT2D eigenvalue weighted by molar-refractivity contribution is -0.167. The number of allylic oxidation sites excluding steroid dienone is 10. The van der Waals surface area contributed by atoms with Crippen LogP contribution in [0.25, 0.3) is 0 Å². The van der Waals surface area contributed by atoms with Crippen molar-refractivity contribution in [1.29, 1.82) is 0 Å². The first kappa shape index (κ1) is 78.1. The van der Waals surface area contributed by atoms with Gasteiger partial charge in [-0.2, -0.15) is 0 Å². The number of carbonyl (C=O) groups excluding carboxylic acids is 3. The van der Waals surface area contributed by atoms with Gasteiger partial charge in [0.15, 0.2) is 6.10 Å². The minimum atomic E-state index is -0.782. The molecule has 0 saturated heterocycles. The molecule has 0 aromatic carbocycles. The molecule has 0 N–H and O–H groups in total. The predicted octanol–water partition coefficient (Wildman–Crippen LogP) is 24.7. The van der Waals surface area contributed by atoms with Gasteiger partial charge in [-0.15, -0.1) is 0 Å². The maximum absolute atomic E-state index is 12.9. The van der Waals surface area contributed by atoms with E-state index in [0.29, 0.717) is 19.3 Å². The summed E-state index contributed by atoms with van der Waals surface area (Å²) in [6.07, 6.45) is 89.8. The molecule has 81 heavy (non-hydrogen) atoms. The van der Waals surface area contributed by atoms with Gasteiger partial charge < -0.3 is 14.2 Å². The molecule has 0 aliphatic carbocycles. The Kier molecular flexibility index (Phi) is 67.1. The van der Waals surface area contributed by atoms with Crippen LogP contribution in [-0.4, -0.2) is 37.2 Å². The second-order valence-corrected chi connectivity index (χ2v) is 24.1. The van der Waals surface area contributed by atoms with Gasteiger partial charge in [-0.25, -0.2) is 0 Å². The lowest BCUT2D eigenvalue weighted by Gasteiger charge is -2.18. The van der Waals surface area contributed by atoms with Crippen molar-refractivity contribution in [3.8, 4) is 0 Å². The number of rotatable bonds is 66. The summed E-state index contributed by atoms with van der Waals surface area (Å²) in [6, 6.07) is 0. The van der Waals surface area contributed by atoms with Crippen LogP contribution in [0, 0.1) is 0 Å². The minimum Gasteiger partial charge on any atom is -0.462 e. The molecule has 6 nitrogen and oxygen atoms in total. The summed E-state index contributed by atoms with van der Waals surface area (Å²) in [5.74, 6) is -0.875. The lowest BCUT2D eigenvalue weighted by atomic mass is 10.0. The second kappa shape index (κ2) is 69.6. The summed E-state index contributed by atoms with van der Waals surface area (Å²) in [4.78, 5) is 38.4. The summed E-state index contributed by atoms with van der Waals surface area (Å²) in [5, 5.41) is 0. The van der Waals surface area contributed by atoms with Crippen LogP contribution >= 0.6 is 0 Å². The Balaban J connectivity index is 4.17. The number of unbranched alkanes of at least 4 members (excludes halogenated alkanes) is 45.